The molecule has 1 aromatic carbocycles. The molecule has 0 aliphatic heterocycles. The zero-order chi connectivity index (χ0) is 14.7. The second-order valence-electron chi connectivity index (χ2n) is 5.73. The van der Waals surface area contributed by atoms with E-state index in [1.807, 2.05) is 30.3 Å². The Labute approximate surface area is 124 Å². The van der Waals surface area contributed by atoms with Crippen molar-refractivity contribution in [3.05, 3.63) is 36.0 Å². The van der Waals surface area contributed by atoms with E-state index < -0.39 is 5.97 Å². The average Bonchev–Trinajstić information content (AvgIpc) is 2.47. The van der Waals surface area contributed by atoms with Gasteiger partial charge in [-0.3, -0.25) is 9.78 Å². The molecule has 2 aromatic rings. The number of para-hydroxylation sites is 1. The van der Waals surface area contributed by atoms with E-state index in [0.717, 1.165) is 16.6 Å². The highest BCUT2D eigenvalue weighted by Gasteiger charge is 2.15. The van der Waals surface area contributed by atoms with E-state index in [0.29, 0.717) is 11.7 Å². The first kappa shape index (κ1) is 13.9. The van der Waals surface area contributed by atoms with Crippen molar-refractivity contribution in [3.63, 3.8) is 0 Å². The third kappa shape index (κ3) is 3.32. The van der Waals surface area contributed by atoms with E-state index in [4.69, 9.17) is 5.11 Å². The van der Waals surface area contributed by atoms with Crippen LogP contribution in [0.3, 0.4) is 0 Å². The predicted molar refractivity (Wildman–Crippen MR) is 83.6 cm³/mol. The van der Waals surface area contributed by atoms with Crippen LogP contribution < -0.4 is 5.32 Å². The number of rotatable bonds is 4. The van der Waals surface area contributed by atoms with Gasteiger partial charge in [0.1, 0.15) is 0 Å². The molecule has 0 spiro atoms. The first-order chi connectivity index (χ1) is 10.2. The molecule has 0 amide bonds. The summed E-state index contributed by atoms with van der Waals surface area (Å²) < 4.78 is 0. The number of aromatic nitrogens is 1. The second-order valence-corrected chi connectivity index (χ2v) is 5.73. The maximum absolute atomic E-state index is 10.9. The van der Waals surface area contributed by atoms with Crippen LogP contribution in [0, 0.1) is 0 Å². The van der Waals surface area contributed by atoms with Gasteiger partial charge in [0.05, 0.1) is 17.6 Å². The van der Waals surface area contributed by atoms with Crippen molar-refractivity contribution in [1.29, 1.82) is 0 Å². The van der Waals surface area contributed by atoms with Crippen molar-refractivity contribution in [3.8, 4) is 0 Å². The molecule has 1 aromatic heterocycles. The van der Waals surface area contributed by atoms with Gasteiger partial charge < -0.3 is 10.4 Å². The molecule has 21 heavy (non-hydrogen) atoms. The third-order valence-electron chi connectivity index (χ3n) is 4.07. The number of anilines is 1. The standard InChI is InChI=1S/C17H20N2O2/c20-17(21)11-13-10-16(18-12-6-2-1-3-7-12)14-8-4-5-9-15(14)19-13/h4-5,8-10,12H,1-3,6-7,11H2,(H,18,19)(H,20,21). The van der Waals surface area contributed by atoms with Crippen molar-refractivity contribution < 1.29 is 9.90 Å². The lowest BCUT2D eigenvalue weighted by atomic mass is 9.95. The van der Waals surface area contributed by atoms with Crippen LogP contribution in [-0.2, 0) is 11.2 Å². The molecule has 4 nitrogen and oxygen atoms in total. The summed E-state index contributed by atoms with van der Waals surface area (Å²) in [7, 11) is 0. The van der Waals surface area contributed by atoms with Crippen molar-refractivity contribution in [2.75, 3.05) is 5.32 Å². The van der Waals surface area contributed by atoms with Crippen LogP contribution in [0.15, 0.2) is 30.3 Å². The average molecular weight is 284 g/mol. The first-order valence-corrected chi connectivity index (χ1v) is 7.59. The number of hydrogen-bond acceptors (Lipinski definition) is 3. The molecule has 1 heterocycles. The van der Waals surface area contributed by atoms with E-state index in [9.17, 15) is 4.79 Å². The van der Waals surface area contributed by atoms with Crippen LogP contribution in [-0.4, -0.2) is 22.1 Å². The van der Waals surface area contributed by atoms with E-state index >= 15 is 0 Å². The van der Waals surface area contributed by atoms with Crippen LogP contribution in [0.4, 0.5) is 5.69 Å². The van der Waals surface area contributed by atoms with Gasteiger partial charge in [-0.15, -0.1) is 0 Å². The molecular formula is C17H20N2O2. The summed E-state index contributed by atoms with van der Waals surface area (Å²) in [6, 6.07) is 10.3. The van der Waals surface area contributed by atoms with Crippen LogP contribution in [0.5, 0.6) is 0 Å². The van der Waals surface area contributed by atoms with Crippen molar-refractivity contribution in [2.45, 2.75) is 44.6 Å². The van der Waals surface area contributed by atoms with Gasteiger partial charge in [-0.1, -0.05) is 37.5 Å². The van der Waals surface area contributed by atoms with E-state index in [-0.39, 0.29) is 6.42 Å². The number of carboxylic acids is 1. The highest BCUT2D eigenvalue weighted by atomic mass is 16.4. The monoisotopic (exact) mass is 284 g/mol. The summed E-state index contributed by atoms with van der Waals surface area (Å²) in [5, 5.41) is 13.7. The Bertz CT molecular complexity index is 648. The van der Waals surface area contributed by atoms with Crippen molar-refractivity contribution in [2.24, 2.45) is 0 Å². The SMILES string of the molecule is O=C(O)Cc1cc(NC2CCCCC2)c2ccccc2n1. The summed E-state index contributed by atoms with van der Waals surface area (Å²) in [6.07, 6.45) is 6.19. The summed E-state index contributed by atoms with van der Waals surface area (Å²) >= 11 is 0. The second kappa shape index (κ2) is 6.12. The summed E-state index contributed by atoms with van der Waals surface area (Å²) in [4.78, 5) is 15.4. The van der Waals surface area contributed by atoms with E-state index in [2.05, 4.69) is 10.3 Å². The van der Waals surface area contributed by atoms with Gasteiger partial charge in [-0.25, -0.2) is 0 Å². The minimum atomic E-state index is -0.846. The molecule has 110 valence electrons. The number of nitrogens with one attached hydrogen (secondary N) is 1. The highest BCUT2D eigenvalue weighted by Crippen LogP contribution is 2.27. The summed E-state index contributed by atoms with van der Waals surface area (Å²) in [5.41, 5.74) is 2.48. The fourth-order valence-corrected chi connectivity index (χ4v) is 3.06. The molecule has 4 heteroatoms. The van der Waals surface area contributed by atoms with Gasteiger partial charge in [-0.05, 0) is 25.0 Å². The molecule has 0 saturated heterocycles. The summed E-state index contributed by atoms with van der Waals surface area (Å²) in [5.74, 6) is -0.846. The lowest BCUT2D eigenvalue weighted by Gasteiger charge is -2.24. The van der Waals surface area contributed by atoms with Crippen LogP contribution in [0.25, 0.3) is 10.9 Å². The van der Waals surface area contributed by atoms with E-state index in [1.54, 1.807) is 0 Å². The number of carbonyl (C=O) groups is 1. The van der Waals surface area contributed by atoms with Crippen molar-refractivity contribution in [1.82, 2.24) is 4.98 Å². The Balaban J connectivity index is 1.95. The molecule has 1 aliphatic rings. The largest absolute Gasteiger partial charge is 0.481 e. The normalized spacial score (nSPS) is 16.0. The Morgan fingerprint density at radius 3 is 2.76 bits per heavy atom. The highest BCUT2D eigenvalue weighted by molar-refractivity contribution is 5.92. The molecular weight excluding hydrogens is 264 g/mol. The fraction of sp³-hybridized carbons (Fsp3) is 0.412. The minimum Gasteiger partial charge on any atom is -0.481 e. The van der Waals surface area contributed by atoms with Gasteiger partial charge in [0.2, 0.25) is 0 Å². The Morgan fingerprint density at radius 1 is 1.24 bits per heavy atom. The van der Waals surface area contributed by atoms with Crippen LogP contribution >= 0.6 is 0 Å². The molecule has 0 atom stereocenters. The van der Waals surface area contributed by atoms with Gasteiger partial charge in [0, 0.05) is 17.1 Å². The number of pyridine rings is 1. The third-order valence-corrected chi connectivity index (χ3v) is 4.07. The number of hydrogen-bond donors (Lipinski definition) is 2. The maximum atomic E-state index is 10.9. The Hall–Kier alpha value is -2.10. The lowest BCUT2D eigenvalue weighted by molar-refractivity contribution is -0.136. The maximum Gasteiger partial charge on any atom is 0.309 e. The number of carboxylic acid groups (broad SMARTS) is 1. The lowest BCUT2D eigenvalue weighted by Crippen LogP contribution is -2.22. The molecule has 2 N–H and O–H groups in total. The molecule has 0 unspecified atom stereocenters. The zero-order valence-electron chi connectivity index (χ0n) is 12.0. The number of aliphatic carboxylic acids is 1. The number of benzene rings is 1. The van der Waals surface area contributed by atoms with Crippen LogP contribution in [0.2, 0.25) is 0 Å². The molecule has 1 saturated carbocycles. The van der Waals surface area contributed by atoms with Gasteiger partial charge in [0.25, 0.3) is 0 Å². The van der Waals surface area contributed by atoms with Gasteiger partial charge in [0.15, 0.2) is 0 Å². The molecule has 0 bridgehead atoms. The molecule has 1 aliphatic carbocycles. The van der Waals surface area contributed by atoms with E-state index in [1.165, 1.54) is 32.1 Å². The van der Waals surface area contributed by atoms with Gasteiger partial charge in [-0.2, -0.15) is 0 Å². The predicted octanol–water partition coefficient (Wildman–Crippen LogP) is 3.61. The number of fused-ring (bicyclic) bond motifs is 1. The minimum absolute atomic E-state index is 0.0375. The van der Waals surface area contributed by atoms with Crippen LogP contribution in [0.1, 0.15) is 37.8 Å². The Kier molecular flexibility index (Phi) is 4.04. The molecule has 0 radical (unpaired) electrons. The molecule has 1 fully saturated rings. The zero-order valence-corrected chi connectivity index (χ0v) is 12.0. The fourth-order valence-electron chi connectivity index (χ4n) is 3.06. The molecule has 3 rings (SSSR count). The van der Waals surface area contributed by atoms with Crippen molar-refractivity contribution >= 4 is 22.6 Å². The van der Waals surface area contributed by atoms with Gasteiger partial charge >= 0.3 is 5.97 Å². The summed E-state index contributed by atoms with van der Waals surface area (Å²) in [6.45, 7) is 0. The first-order valence-electron chi connectivity index (χ1n) is 7.59. The Morgan fingerprint density at radius 2 is 2.00 bits per heavy atom. The quantitative estimate of drug-likeness (QED) is 0.900. The smallest absolute Gasteiger partial charge is 0.309 e. The topological polar surface area (TPSA) is 62.2 Å². The number of nitrogens with zero attached hydrogens (tertiary/aromatic N) is 1.